The van der Waals surface area contributed by atoms with E-state index in [2.05, 4.69) is 19.9 Å². The van der Waals surface area contributed by atoms with Gasteiger partial charge in [-0.05, 0) is 18.2 Å². The molecule has 7 nitrogen and oxygen atoms in total. The molecule has 3 aromatic rings. The van der Waals surface area contributed by atoms with Crippen LogP contribution in [-0.4, -0.2) is 22.0 Å². The van der Waals surface area contributed by atoms with Crippen molar-refractivity contribution in [3.63, 3.8) is 0 Å². The van der Waals surface area contributed by atoms with Gasteiger partial charge in [-0.25, -0.2) is 4.68 Å². The van der Waals surface area contributed by atoms with E-state index in [-0.39, 0.29) is 28.4 Å². The Labute approximate surface area is 144 Å². The standard InChI is InChI=1S/C17H11F2N3O4/c1-22-16(24)11-5-3-2-4-10(11)14(21-22)15(23)20-9-6-7-12-13(8-9)26-17(18,19)25-12/h2-8H,1H3,(H,20,23). The molecule has 132 valence electrons. The van der Waals surface area contributed by atoms with Gasteiger partial charge in [-0.1, -0.05) is 18.2 Å². The third-order valence-corrected chi connectivity index (χ3v) is 3.83. The summed E-state index contributed by atoms with van der Waals surface area (Å²) in [6.45, 7) is 0. The van der Waals surface area contributed by atoms with Crippen LogP contribution < -0.4 is 20.3 Å². The predicted molar refractivity (Wildman–Crippen MR) is 87.6 cm³/mol. The van der Waals surface area contributed by atoms with E-state index in [1.54, 1.807) is 24.3 Å². The number of halogens is 2. The molecule has 0 bridgehead atoms. The zero-order chi connectivity index (χ0) is 18.5. The van der Waals surface area contributed by atoms with Gasteiger partial charge in [0.15, 0.2) is 17.2 Å². The van der Waals surface area contributed by atoms with Crippen LogP contribution >= 0.6 is 0 Å². The highest BCUT2D eigenvalue weighted by atomic mass is 19.3. The van der Waals surface area contributed by atoms with E-state index >= 15 is 0 Å². The Hall–Kier alpha value is -3.49. The largest absolute Gasteiger partial charge is 0.586 e. The minimum atomic E-state index is -3.74. The second kappa shape index (κ2) is 5.51. The number of anilines is 1. The first kappa shape index (κ1) is 16.0. The fraction of sp³-hybridized carbons (Fsp3) is 0.118. The number of aryl methyl sites for hydroxylation is 1. The molecule has 0 unspecified atom stereocenters. The maximum atomic E-state index is 13.1. The number of aromatic nitrogens is 2. The zero-order valence-electron chi connectivity index (χ0n) is 13.3. The lowest BCUT2D eigenvalue weighted by Gasteiger charge is -2.09. The highest BCUT2D eigenvalue weighted by molar-refractivity contribution is 6.11. The van der Waals surface area contributed by atoms with Crippen LogP contribution in [0.2, 0.25) is 0 Å². The quantitative estimate of drug-likeness (QED) is 0.760. The van der Waals surface area contributed by atoms with Gasteiger partial charge in [0.05, 0.1) is 5.39 Å². The molecule has 9 heteroatoms. The van der Waals surface area contributed by atoms with Crippen molar-refractivity contribution in [2.24, 2.45) is 7.05 Å². The number of nitrogens with zero attached hydrogens (tertiary/aromatic N) is 2. The number of nitrogens with one attached hydrogen (secondary N) is 1. The Balaban J connectivity index is 1.70. The fourth-order valence-corrected chi connectivity index (χ4v) is 2.68. The number of carbonyl (C=O) groups is 1. The van der Waals surface area contributed by atoms with Crippen molar-refractivity contribution in [1.82, 2.24) is 9.78 Å². The lowest BCUT2D eigenvalue weighted by atomic mass is 10.1. The van der Waals surface area contributed by atoms with Crippen LogP contribution in [0.4, 0.5) is 14.5 Å². The number of alkyl halides is 2. The first-order valence-corrected chi connectivity index (χ1v) is 7.51. The smallest absolute Gasteiger partial charge is 0.395 e. The Morgan fingerprint density at radius 3 is 2.58 bits per heavy atom. The summed E-state index contributed by atoms with van der Waals surface area (Å²) in [6, 6.07) is 10.5. The van der Waals surface area contributed by atoms with Gasteiger partial charge < -0.3 is 14.8 Å². The Kier molecular flexibility index (Phi) is 3.39. The molecule has 0 saturated carbocycles. The second-order valence-corrected chi connectivity index (χ2v) is 5.61. The summed E-state index contributed by atoms with van der Waals surface area (Å²) in [7, 11) is 1.44. The van der Waals surface area contributed by atoms with Crippen molar-refractivity contribution in [3.8, 4) is 11.5 Å². The molecule has 4 rings (SSSR count). The van der Waals surface area contributed by atoms with Crippen LogP contribution in [0.15, 0.2) is 47.3 Å². The van der Waals surface area contributed by atoms with Crippen LogP contribution in [0.5, 0.6) is 11.5 Å². The van der Waals surface area contributed by atoms with Crippen LogP contribution in [0.1, 0.15) is 10.5 Å². The molecule has 1 aromatic heterocycles. The summed E-state index contributed by atoms with van der Waals surface area (Å²) in [6.07, 6.45) is -3.74. The average Bonchev–Trinajstić information content (AvgIpc) is 2.91. The monoisotopic (exact) mass is 359 g/mol. The Morgan fingerprint density at radius 2 is 1.81 bits per heavy atom. The van der Waals surface area contributed by atoms with Gasteiger partial charge in [-0.15, -0.1) is 8.78 Å². The van der Waals surface area contributed by atoms with Crippen LogP contribution in [0.25, 0.3) is 10.8 Å². The maximum absolute atomic E-state index is 13.1. The van der Waals surface area contributed by atoms with E-state index in [0.29, 0.717) is 10.8 Å². The zero-order valence-corrected chi connectivity index (χ0v) is 13.3. The molecular weight excluding hydrogens is 348 g/mol. The molecule has 0 spiro atoms. The molecule has 26 heavy (non-hydrogen) atoms. The van der Waals surface area contributed by atoms with Gasteiger partial charge in [0.2, 0.25) is 0 Å². The molecule has 1 N–H and O–H groups in total. The van der Waals surface area contributed by atoms with Crippen LogP contribution in [-0.2, 0) is 7.05 Å². The van der Waals surface area contributed by atoms with Crippen LogP contribution in [0, 0.1) is 0 Å². The number of fused-ring (bicyclic) bond motifs is 2. The lowest BCUT2D eigenvalue weighted by Crippen LogP contribution is -2.26. The highest BCUT2D eigenvalue weighted by Crippen LogP contribution is 2.42. The molecule has 0 aliphatic carbocycles. The number of hydrogen-bond donors (Lipinski definition) is 1. The van der Waals surface area contributed by atoms with Gasteiger partial charge in [0, 0.05) is 24.2 Å². The van der Waals surface area contributed by atoms with E-state index in [4.69, 9.17) is 0 Å². The van der Waals surface area contributed by atoms with Gasteiger partial charge in [0.1, 0.15) is 0 Å². The third kappa shape index (κ3) is 2.63. The van der Waals surface area contributed by atoms with Crippen molar-refractivity contribution in [2.75, 3.05) is 5.32 Å². The van der Waals surface area contributed by atoms with Crippen molar-refractivity contribution in [1.29, 1.82) is 0 Å². The fourth-order valence-electron chi connectivity index (χ4n) is 2.68. The number of hydrogen-bond acceptors (Lipinski definition) is 5. The summed E-state index contributed by atoms with van der Waals surface area (Å²) in [4.78, 5) is 24.7. The Bertz CT molecular complexity index is 1110. The average molecular weight is 359 g/mol. The third-order valence-electron chi connectivity index (χ3n) is 3.83. The molecule has 2 aromatic carbocycles. The molecular formula is C17H11F2N3O4. The minimum Gasteiger partial charge on any atom is -0.395 e. The van der Waals surface area contributed by atoms with E-state index in [9.17, 15) is 18.4 Å². The summed E-state index contributed by atoms with van der Waals surface area (Å²) in [5, 5.41) is 7.30. The van der Waals surface area contributed by atoms with E-state index in [0.717, 1.165) is 4.68 Å². The SMILES string of the molecule is Cn1nc(C(=O)Nc2ccc3c(c2)OC(F)(F)O3)c2ccccc2c1=O. The molecule has 0 saturated heterocycles. The molecule has 1 amide bonds. The van der Waals surface area contributed by atoms with Crippen molar-refractivity contribution >= 4 is 22.4 Å². The molecule has 0 radical (unpaired) electrons. The first-order chi connectivity index (χ1) is 12.3. The van der Waals surface area contributed by atoms with Gasteiger partial charge in [-0.2, -0.15) is 5.10 Å². The van der Waals surface area contributed by atoms with Gasteiger partial charge in [0.25, 0.3) is 11.5 Å². The molecule has 0 atom stereocenters. The van der Waals surface area contributed by atoms with E-state index < -0.39 is 12.2 Å². The van der Waals surface area contributed by atoms with E-state index in [1.807, 2.05) is 0 Å². The van der Waals surface area contributed by atoms with Crippen LogP contribution in [0.3, 0.4) is 0 Å². The minimum absolute atomic E-state index is 0.0331. The number of rotatable bonds is 2. The summed E-state index contributed by atoms with van der Waals surface area (Å²) < 4.78 is 35.9. The normalized spacial score (nSPS) is 14.4. The predicted octanol–water partition coefficient (Wildman–Crippen LogP) is 2.51. The van der Waals surface area contributed by atoms with Crippen molar-refractivity contribution < 1.29 is 23.0 Å². The summed E-state index contributed by atoms with van der Waals surface area (Å²) in [5.41, 5.74) is -0.0806. The second-order valence-electron chi connectivity index (χ2n) is 5.61. The van der Waals surface area contributed by atoms with Gasteiger partial charge in [-0.3, -0.25) is 9.59 Å². The van der Waals surface area contributed by atoms with Crippen molar-refractivity contribution in [2.45, 2.75) is 6.29 Å². The number of carbonyl (C=O) groups excluding carboxylic acids is 1. The van der Waals surface area contributed by atoms with E-state index in [1.165, 1.54) is 25.2 Å². The topological polar surface area (TPSA) is 82.5 Å². The molecule has 2 heterocycles. The van der Waals surface area contributed by atoms with Crippen molar-refractivity contribution in [3.05, 3.63) is 58.5 Å². The summed E-state index contributed by atoms with van der Waals surface area (Å²) in [5.74, 6) is -0.910. The molecule has 1 aliphatic heterocycles. The van der Waals surface area contributed by atoms with Gasteiger partial charge >= 0.3 is 6.29 Å². The number of benzene rings is 2. The molecule has 0 fully saturated rings. The molecule has 1 aliphatic rings. The Morgan fingerprint density at radius 1 is 1.12 bits per heavy atom. The number of amides is 1. The maximum Gasteiger partial charge on any atom is 0.586 e. The first-order valence-electron chi connectivity index (χ1n) is 7.51. The lowest BCUT2D eigenvalue weighted by molar-refractivity contribution is -0.286. The summed E-state index contributed by atoms with van der Waals surface area (Å²) >= 11 is 0. The highest BCUT2D eigenvalue weighted by Gasteiger charge is 2.43. The number of ether oxygens (including phenoxy) is 2.